The first kappa shape index (κ1) is 109. The van der Waals surface area contributed by atoms with Gasteiger partial charge >= 0.3 is 71.6 Å². The summed E-state index contributed by atoms with van der Waals surface area (Å²) in [6.45, 7) is 52.9. The molecular formula is C106H164O24. The molecule has 15 aliphatic rings. The molecule has 0 saturated heterocycles. The highest BCUT2D eigenvalue weighted by molar-refractivity contribution is 5.91. The van der Waals surface area contributed by atoms with Crippen molar-refractivity contribution in [2.75, 3.05) is 39.6 Å². The second kappa shape index (κ2) is 47.8. The van der Waals surface area contributed by atoms with Crippen LogP contribution in [-0.2, 0) is 114 Å². The van der Waals surface area contributed by atoms with Crippen LogP contribution in [0.15, 0.2) is 72.9 Å². The molecule has 0 aromatic carbocycles. The van der Waals surface area contributed by atoms with Crippen LogP contribution in [0.3, 0.4) is 0 Å². The molecule has 732 valence electrons. The van der Waals surface area contributed by atoms with E-state index in [-0.39, 0.29) is 78.6 Å². The Morgan fingerprint density at radius 3 is 0.815 bits per heavy atom. The van der Waals surface area contributed by atoms with Gasteiger partial charge in [-0.05, 0) is 355 Å². The minimum absolute atomic E-state index is 0.107. The number of esters is 12. The molecule has 0 spiro atoms. The lowest BCUT2D eigenvalue weighted by atomic mass is 9.45. The van der Waals surface area contributed by atoms with Gasteiger partial charge in [0, 0.05) is 56.1 Å². The van der Waals surface area contributed by atoms with Crippen LogP contribution in [0, 0.1) is 87.3 Å². The predicted octanol–water partition coefficient (Wildman–Crippen LogP) is 21.5. The Morgan fingerprint density at radius 2 is 0.531 bits per heavy atom. The number of hydrogen-bond donors (Lipinski definition) is 0. The van der Waals surface area contributed by atoms with Gasteiger partial charge in [0.2, 0.25) is 0 Å². The van der Waals surface area contributed by atoms with Crippen molar-refractivity contribution in [1.29, 1.82) is 0 Å². The fourth-order valence-corrected chi connectivity index (χ4v) is 24.6. The molecule has 15 fully saturated rings. The SMILES string of the molecule is C=C(C)C(=O)OCC(=O)OC(C)(C)C12CC3CC(CC(C3)C1)C2.C=C(C)C(=O)OCC(=O)OC(C)(C)C1CCCCC1.C=C(C)C(=O)OCC(=O)OC(C)(C)CC.C=C(C)C(=O)OCC(=O)OC(C)(C1CCCCC1)C1CCCCC1.C=C(C)C(=O)OCC(=O)OC(C)(CC)C12CC3CC(CC(C3)C1)C2.C=C(C)C(=O)OCCCC(=O)OC(C)(C)C12CC3CC(CC(C3)C1)C2. The minimum atomic E-state index is -0.582. The summed E-state index contributed by atoms with van der Waals surface area (Å²) in [6, 6.07) is 0. The standard InChI is InChI=1S/C21H32O4.C20H30O4.C20H32O4.C19H28O4.C15H24O4.C11H18O4/c1-14(2)19(23)24-7-5-6-18(22)25-20(3,4)21-11-15-8-16(12-21)10-17(9-15)13-21;1-5-19(4,24-17(21)12-23-18(22)13(2)3)20-9-14-6-15(10-20)8-16(7-14)11-20;1-15(2)19(22)23-14-18(21)24-20(3,16-10-6-4-7-11-16)17-12-8-5-9-13-17;1-12(2)17(21)22-11-16(20)23-18(3,4)19-8-13-5-14(9-19)7-15(6-13)10-19;1-11(2)14(17)18-10-13(16)19-15(3,4)12-8-6-5-7-9-12;1-6-11(4,5)15-9(12)7-14-10(13)8(2)3/h15-17H,1,5-13H2,2-4H3;14-16H,2,5-12H2,1,3-4H3;16-17H,1,4-14H2,2-3H3;13-15H,1,5-11H2,2-4H3;12H,1,5-10H2,2-4H3;2,6-7H2,1,3-5H3. The molecule has 0 aromatic heterocycles. The normalized spacial score (nSPS) is 26.7. The van der Waals surface area contributed by atoms with Crippen molar-refractivity contribution in [3.05, 3.63) is 72.9 Å². The summed E-state index contributed by atoms with van der Waals surface area (Å²) in [6.07, 6.45) is 43.1. The van der Waals surface area contributed by atoms with Gasteiger partial charge in [0.1, 0.15) is 33.6 Å². The summed E-state index contributed by atoms with van der Waals surface area (Å²) in [5, 5.41) is 0. The summed E-state index contributed by atoms with van der Waals surface area (Å²) in [4.78, 5) is 140. The average Bonchev–Trinajstić information content (AvgIpc) is 0.728. The molecule has 0 aromatic rings. The van der Waals surface area contributed by atoms with Crippen LogP contribution in [0.5, 0.6) is 0 Å². The molecule has 0 aliphatic heterocycles. The van der Waals surface area contributed by atoms with Crippen LogP contribution >= 0.6 is 0 Å². The Hall–Kier alpha value is -7.92. The molecule has 130 heavy (non-hydrogen) atoms. The Labute approximate surface area is 777 Å². The summed E-state index contributed by atoms with van der Waals surface area (Å²) in [5.41, 5.74) is -0.620. The fraction of sp³-hybridized carbons (Fsp3) is 0.774. The van der Waals surface area contributed by atoms with Gasteiger partial charge in [-0.2, -0.15) is 0 Å². The third kappa shape index (κ3) is 31.1. The molecule has 0 heterocycles. The van der Waals surface area contributed by atoms with Gasteiger partial charge in [-0.25, -0.2) is 52.7 Å². The Kier molecular flexibility index (Phi) is 40.1. The molecule has 15 aliphatic carbocycles. The first-order valence-electron chi connectivity index (χ1n) is 49.0. The molecule has 15 rings (SSSR count). The highest BCUT2D eigenvalue weighted by atomic mass is 16.6. The lowest BCUT2D eigenvalue weighted by molar-refractivity contribution is -0.208. The largest absolute Gasteiger partial charge is 0.462 e. The van der Waals surface area contributed by atoms with E-state index in [2.05, 4.69) is 78.8 Å². The number of hydrogen-bond acceptors (Lipinski definition) is 24. The van der Waals surface area contributed by atoms with Crippen molar-refractivity contribution in [3.8, 4) is 0 Å². The Balaban J connectivity index is 0.000000215. The number of rotatable bonds is 34. The van der Waals surface area contributed by atoms with Crippen molar-refractivity contribution in [2.45, 2.75) is 396 Å². The average molecular weight is 1820 g/mol. The quantitative estimate of drug-likeness (QED) is 0.0250. The van der Waals surface area contributed by atoms with Crippen LogP contribution in [0.4, 0.5) is 0 Å². The maximum atomic E-state index is 12.4. The van der Waals surface area contributed by atoms with E-state index in [0.717, 1.165) is 98.2 Å². The van der Waals surface area contributed by atoms with E-state index < -0.39 is 99.3 Å². The molecule has 0 amide bonds. The molecule has 12 bridgehead atoms. The monoisotopic (exact) mass is 1820 g/mol. The zero-order valence-corrected chi connectivity index (χ0v) is 82.9. The summed E-state index contributed by atoms with van der Waals surface area (Å²) in [7, 11) is 0. The van der Waals surface area contributed by atoms with Crippen molar-refractivity contribution in [1.82, 2.24) is 0 Å². The molecule has 24 nitrogen and oxygen atoms in total. The number of carbonyl (C=O) groups excluding carboxylic acids is 12. The zero-order chi connectivity index (χ0) is 96.7. The molecule has 1 unspecified atom stereocenters. The van der Waals surface area contributed by atoms with E-state index >= 15 is 0 Å². The van der Waals surface area contributed by atoms with Crippen LogP contribution < -0.4 is 0 Å². The van der Waals surface area contributed by atoms with Gasteiger partial charge in [-0.1, -0.05) is 111 Å². The number of ether oxygens (including phenoxy) is 12. The topological polar surface area (TPSA) is 316 Å². The van der Waals surface area contributed by atoms with E-state index in [1.54, 1.807) is 48.5 Å². The first-order valence-corrected chi connectivity index (χ1v) is 49.0. The van der Waals surface area contributed by atoms with Gasteiger partial charge in [0.05, 0.1) is 6.61 Å². The van der Waals surface area contributed by atoms with Crippen molar-refractivity contribution < 1.29 is 114 Å². The first-order chi connectivity index (χ1) is 60.7. The van der Waals surface area contributed by atoms with E-state index in [1.807, 2.05) is 34.6 Å². The number of carbonyl (C=O) groups is 12. The maximum absolute atomic E-state index is 12.4. The van der Waals surface area contributed by atoms with Crippen LogP contribution in [0.2, 0.25) is 0 Å². The summed E-state index contributed by atoms with van der Waals surface area (Å²) < 4.78 is 63.6. The zero-order valence-electron chi connectivity index (χ0n) is 82.9. The smallest absolute Gasteiger partial charge is 0.344 e. The second-order valence-corrected chi connectivity index (χ2v) is 43.8. The molecule has 24 heteroatoms. The van der Waals surface area contributed by atoms with Gasteiger partial charge < -0.3 is 56.8 Å². The Bertz CT molecular complexity index is 3890. The molecule has 15 saturated carbocycles. The van der Waals surface area contributed by atoms with E-state index in [0.29, 0.717) is 53.7 Å². The van der Waals surface area contributed by atoms with Gasteiger partial charge in [0.25, 0.3) is 0 Å². The van der Waals surface area contributed by atoms with Crippen molar-refractivity contribution >= 4 is 71.6 Å². The van der Waals surface area contributed by atoms with E-state index in [9.17, 15) is 57.5 Å². The molecular weight excluding hydrogens is 1660 g/mol. The van der Waals surface area contributed by atoms with E-state index in [4.69, 9.17) is 52.1 Å². The third-order valence-electron chi connectivity index (χ3n) is 31.4. The van der Waals surface area contributed by atoms with Crippen LogP contribution in [0.25, 0.3) is 0 Å². The van der Waals surface area contributed by atoms with Gasteiger partial charge in [-0.15, -0.1) is 0 Å². The Morgan fingerprint density at radius 1 is 0.285 bits per heavy atom. The highest BCUT2D eigenvalue weighted by Gasteiger charge is 2.62. The van der Waals surface area contributed by atoms with Crippen molar-refractivity contribution in [3.63, 3.8) is 0 Å². The lowest BCUT2D eigenvalue weighted by Gasteiger charge is -2.62. The van der Waals surface area contributed by atoms with Crippen LogP contribution in [-0.4, -0.2) is 145 Å². The van der Waals surface area contributed by atoms with E-state index in [1.165, 1.54) is 180 Å². The van der Waals surface area contributed by atoms with Crippen molar-refractivity contribution in [2.24, 2.45) is 87.3 Å². The fourth-order valence-electron chi connectivity index (χ4n) is 24.6. The van der Waals surface area contributed by atoms with Gasteiger partial charge in [-0.3, -0.25) is 4.79 Å². The molecule has 0 N–H and O–H groups in total. The maximum Gasteiger partial charge on any atom is 0.344 e. The van der Waals surface area contributed by atoms with Gasteiger partial charge in [0.15, 0.2) is 33.0 Å². The van der Waals surface area contributed by atoms with Crippen LogP contribution in [0.1, 0.15) is 362 Å². The highest BCUT2D eigenvalue weighted by Crippen LogP contribution is 2.68. The molecule has 0 radical (unpaired) electrons. The third-order valence-corrected chi connectivity index (χ3v) is 31.4. The second-order valence-electron chi connectivity index (χ2n) is 43.8. The lowest BCUT2D eigenvalue weighted by Crippen LogP contribution is -2.58. The summed E-state index contributed by atoms with van der Waals surface area (Å²) >= 11 is 0. The molecule has 1 atom stereocenters. The minimum Gasteiger partial charge on any atom is -0.462 e. The summed E-state index contributed by atoms with van der Waals surface area (Å²) in [5.74, 6) is 2.89. The predicted molar refractivity (Wildman–Crippen MR) is 496 cm³/mol.